The standard InChI is InChI=1S/C23H22O5/c1-26-19-8-9-20-18(12-23(25)28-21(20)13-19)14-27-22(24)11-15-6-7-16-4-2-3-5-17(16)10-15/h6-10,12-13H,2-5,11,14H2,1H3. The van der Waals surface area contributed by atoms with Crippen molar-refractivity contribution in [2.24, 2.45) is 0 Å². The summed E-state index contributed by atoms with van der Waals surface area (Å²) in [6.07, 6.45) is 4.86. The Kier molecular flexibility index (Phi) is 5.15. The summed E-state index contributed by atoms with van der Waals surface area (Å²) in [4.78, 5) is 24.2. The molecule has 0 saturated heterocycles. The second kappa shape index (κ2) is 7.89. The van der Waals surface area contributed by atoms with E-state index in [0.717, 1.165) is 23.8 Å². The third-order valence-corrected chi connectivity index (χ3v) is 5.19. The number of fused-ring (bicyclic) bond motifs is 2. The molecule has 0 atom stereocenters. The van der Waals surface area contributed by atoms with Gasteiger partial charge in [0.25, 0.3) is 0 Å². The van der Waals surface area contributed by atoms with E-state index in [0.29, 0.717) is 16.9 Å². The van der Waals surface area contributed by atoms with Crippen LogP contribution in [0.3, 0.4) is 0 Å². The molecule has 0 fully saturated rings. The van der Waals surface area contributed by atoms with Gasteiger partial charge in [0.05, 0.1) is 13.5 Å². The van der Waals surface area contributed by atoms with Crippen LogP contribution in [0.1, 0.15) is 35.1 Å². The molecule has 28 heavy (non-hydrogen) atoms. The van der Waals surface area contributed by atoms with Crippen LogP contribution in [0.5, 0.6) is 5.75 Å². The number of carbonyl (C=O) groups excluding carboxylic acids is 1. The zero-order valence-corrected chi connectivity index (χ0v) is 15.8. The fourth-order valence-corrected chi connectivity index (χ4v) is 3.73. The molecule has 0 bridgehead atoms. The minimum Gasteiger partial charge on any atom is -0.497 e. The van der Waals surface area contributed by atoms with Gasteiger partial charge in [0.2, 0.25) is 0 Å². The molecule has 1 aliphatic carbocycles. The molecular weight excluding hydrogens is 356 g/mol. The number of rotatable bonds is 5. The zero-order valence-electron chi connectivity index (χ0n) is 15.8. The minimum atomic E-state index is -0.485. The summed E-state index contributed by atoms with van der Waals surface area (Å²) in [5.41, 5.74) is 4.24. The molecule has 0 amide bonds. The van der Waals surface area contributed by atoms with E-state index in [1.54, 1.807) is 25.3 Å². The lowest BCUT2D eigenvalue weighted by Gasteiger charge is -2.16. The summed E-state index contributed by atoms with van der Waals surface area (Å²) in [5.74, 6) is 0.280. The molecule has 0 saturated carbocycles. The van der Waals surface area contributed by atoms with Gasteiger partial charge in [-0.15, -0.1) is 0 Å². The Morgan fingerprint density at radius 3 is 2.68 bits per heavy atom. The minimum absolute atomic E-state index is 0.0260. The number of aryl methyl sites for hydroxylation is 2. The van der Waals surface area contributed by atoms with Crippen molar-refractivity contribution in [2.45, 2.75) is 38.7 Å². The summed E-state index contributed by atoms with van der Waals surface area (Å²) in [5, 5.41) is 0.724. The van der Waals surface area contributed by atoms with Crippen LogP contribution in [0, 0.1) is 0 Å². The number of carbonyl (C=O) groups is 1. The van der Waals surface area contributed by atoms with Crippen LogP contribution in [0.25, 0.3) is 11.0 Å². The lowest BCUT2D eigenvalue weighted by molar-refractivity contribution is -0.144. The Morgan fingerprint density at radius 1 is 1.04 bits per heavy atom. The average molecular weight is 378 g/mol. The highest BCUT2D eigenvalue weighted by Gasteiger charge is 2.13. The molecular formula is C23H22O5. The highest BCUT2D eigenvalue weighted by atomic mass is 16.5. The van der Waals surface area contributed by atoms with Crippen molar-refractivity contribution in [3.8, 4) is 5.75 Å². The van der Waals surface area contributed by atoms with Crippen molar-refractivity contribution >= 4 is 16.9 Å². The van der Waals surface area contributed by atoms with Crippen LogP contribution in [0.15, 0.2) is 51.7 Å². The van der Waals surface area contributed by atoms with Gasteiger partial charge >= 0.3 is 11.6 Å². The Bertz CT molecular complexity index is 1080. The van der Waals surface area contributed by atoms with E-state index in [4.69, 9.17) is 13.9 Å². The van der Waals surface area contributed by atoms with Gasteiger partial charge in [0, 0.05) is 23.1 Å². The van der Waals surface area contributed by atoms with Crippen molar-refractivity contribution in [2.75, 3.05) is 7.11 Å². The van der Waals surface area contributed by atoms with E-state index in [1.165, 1.54) is 30.0 Å². The first-order valence-electron chi connectivity index (χ1n) is 9.49. The maximum atomic E-state index is 12.3. The predicted octanol–water partition coefficient (Wildman–Crippen LogP) is 3.97. The highest BCUT2D eigenvalue weighted by Crippen LogP contribution is 2.24. The molecule has 5 nitrogen and oxygen atoms in total. The monoisotopic (exact) mass is 378 g/mol. The molecule has 5 heteroatoms. The van der Waals surface area contributed by atoms with Crippen LogP contribution in [0.2, 0.25) is 0 Å². The van der Waals surface area contributed by atoms with Gasteiger partial charge in [-0.05, 0) is 54.5 Å². The van der Waals surface area contributed by atoms with Gasteiger partial charge in [-0.1, -0.05) is 18.2 Å². The van der Waals surface area contributed by atoms with Gasteiger partial charge in [0.1, 0.15) is 17.9 Å². The molecule has 0 N–H and O–H groups in total. The second-order valence-corrected chi connectivity index (χ2v) is 7.10. The summed E-state index contributed by atoms with van der Waals surface area (Å²) < 4.78 is 15.8. The van der Waals surface area contributed by atoms with Crippen LogP contribution >= 0.6 is 0 Å². The number of esters is 1. The van der Waals surface area contributed by atoms with Crippen molar-refractivity contribution < 1.29 is 18.7 Å². The maximum absolute atomic E-state index is 12.3. The fraction of sp³-hybridized carbons (Fsp3) is 0.304. The van der Waals surface area contributed by atoms with Crippen LogP contribution < -0.4 is 10.4 Å². The van der Waals surface area contributed by atoms with Gasteiger partial charge in [0.15, 0.2) is 0 Å². The summed E-state index contributed by atoms with van der Waals surface area (Å²) in [6, 6.07) is 12.8. The molecule has 2 aromatic carbocycles. The quantitative estimate of drug-likeness (QED) is 0.497. The first-order chi connectivity index (χ1) is 13.6. The summed E-state index contributed by atoms with van der Waals surface area (Å²) >= 11 is 0. The van der Waals surface area contributed by atoms with Gasteiger partial charge in [-0.2, -0.15) is 0 Å². The number of hydrogen-bond donors (Lipinski definition) is 0. The van der Waals surface area contributed by atoms with Crippen LogP contribution in [-0.2, 0) is 35.4 Å². The Labute approximate surface area is 162 Å². The molecule has 144 valence electrons. The Balaban J connectivity index is 1.47. The number of benzene rings is 2. The van der Waals surface area contributed by atoms with E-state index < -0.39 is 5.63 Å². The lowest BCUT2D eigenvalue weighted by Crippen LogP contribution is -2.11. The van der Waals surface area contributed by atoms with Crippen molar-refractivity contribution in [1.82, 2.24) is 0 Å². The highest BCUT2D eigenvalue weighted by molar-refractivity contribution is 5.82. The van der Waals surface area contributed by atoms with E-state index in [1.807, 2.05) is 6.07 Å². The molecule has 0 unspecified atom stereocenters. The molecule has 0 radical (unpaired) electrons. The SMILES string of the molecule is COc1ccc2c(COC(=O)Cc3ccc4c(c3)CCCC4)cc(=O)oc2c1. The van der Waals surface area contributed by atoms with Crippen molar-refractivity contribution in [3.05, 3.63) is 75.1 Å². The third-order valence-electron chi connectivity index (χ3n) is 5.19. The first kappa shape index (κ1) is 18.3. The molecule has 1 aromatic heterocycles. The second-order valence-electron chi connectivity index (χ2n) is 7.10. The molecule has 1 aliphatic rings. The number of methoxy groups -OCH3 is 1. The molecule has 1 heterocycles. The molecule has 4 rings (SSSR count). The Hall–Kier alpha value is -3.08. The topological polar surface area (TPSA) is 65.7 Å². The predicted molar refractivity (Wildman–Crippen MR) is 106 cm³/mol. The van der Waals surface area contributed by atoms with E-state index in [-0.39, 0.29) is 19.0 Å². The van der Waals surface area contributed by atoms with E-state index in [9.17, 15) is 9.59 Å². The molecule has 0 aliphatic heterocycles. The van der Waals surface area contributed by atoms with E-state index >= 15 is 0 Å². The van der Waals surface area contributed by atoms with Gasteiger partial charge < -0.3 is 13.9 Å². The van der Waals surface area contributed by atoms with Crippen molar-refractivity contribution in [3.63, 3.8) is 0 Å². The van der Waals surface area contributed by atoms with Crippen LogP contribution in [0.4, 0.5) is 0 Å². The number of ether oxygens (including phenoxy) is 2. The largest absolute Gasteiger partial charge is 0.497 e. The van der Waals surface area contributed by atoms with Gasteiger partial charge in [-0.25, -0.2) is 4.79 Å². The van der Waals surface area contributed by atoms with Gasteiger partial charge in [-0.3, -0.25) is 4.79 Å². The summed E-state index contributed by atoms with van der Waals surface area (Å²) in [7, 11) is 1.55. The molecule has 0 spiro atoms. The third kappa shape index (κ3) is 3.93. The smallest absolute Gasteiger partial charge is 0.336 e. The fourth-order valence-electron chi connectivity index (χ4n) is 3.73. The average Bonchev–Trinajstić information content (AvgIpc) is 2.71. The summed E-state index contributed by atoms with van der Waals surface area (Å²) in [6.45, 7) is 0.0260. The van der Waals surface area contributed by atoms with Crippen molar-refractivity contribution in [1.29, 1.82) is 0 Å². The zero-order chi connectivity index (χ0) is 19.5. The van der Waals surface area contributed by atoms with Crippen LogP contribution in [-0.4, -0.2) is 13.1 Å². The maximum Gasteiger partial charge on any atom is 0.336 e. The normalized spacial score (nSPS) is 13.2. The molecule has 3 aromatic rings. The lowest BCUT2D eigenvalue weighted by atomic mass is 9.90. The number of hydrogen-bond acceptors (Lipinski definition) is 5. The Morgan fingerprint density at radius 2 is 1.86 bits per heavy atom. The first-order valence-corrected chi connectivity index (χ1v) is 9.49. The van der Waals surface area contributed by atoms with E-state index in [2.05, 4.69) is 12.1 Å².